The second-order valence-corrected chi connectivity index (χ2v) is 4.53. The van der Waals surface area contributed by atoms with Crippen molar-refractivity contribution >= 4 is 23.6 Å². The SMILES string of the molecule is CCOC(=O)c1ccc(N=Cc2cc([N+](=O)[O-])ccc2O)cc1. The van der Waals surface area contributed by atoms with Gasteiger partial charge in [-0.1, -0.05) is 0 Å². The van der Waals surface area contributed by atoms with Crippen LogP contribution < -0.4 is 0 Å². The van der Waals surface area contributed by atoms with Crippen molar-refractivity contribution in [2.45, 2.75) is 6.92 Å². The van der Waals surface area contributed by atoms with Crippen LogP contribution >= 0.6 is 0 Å². The molecule has 0 radical (unpaired) electrons. The van der Waals surface area contributed by atoms with Crippen LogP contribution in [0.2, 0.25) is 0 Å². The zero-order valence-electron chi connectivity index (χ0n) is 12.3. The van der Waals surface area contributed by atoms with Gasteiger partial charge in [0.15, 0.2) is 0 Å². The van der Waals surface area contributed by atoms with Gasteiger partial charge in [-0.3, -0.25) is 15.1 Å². The average molecular weight is 314 g/mol. The van der Waals surface area contributed by atoms with E-state index < -0.39 is 10.9 Å². The van der Waals surface area contributed by atoms with Gasteiger partial charge in [-0.2, -0.15) is 0 Å². The van der Waals surface area contributed by atoms with E-state index in [9.17, 15) is 20.0 Å². The lowest BCUT2D eigenvalue weighted by Crippen LogP contribution is -2.03. The molecule has 2 aromatic carbocycles. The van der Waals surface area contributed by atoms with E-state index in [4.69, 9.17) is 4.74 Å². The number of carbonyl (C=O) groups is 1. The smallest absolute Gasteiger partial charge is 0.338 e. The van der Waals surface area contributed by atoms with Crippen LogP contribution in [0.25, 0.3) is 0 Å². The van der Waals surface area contributed by atoms with Gasteiger partial charge in [0.05, 0.1) is 22.8 Å². The molecule has 0 atom stereocenters. The number of hydrogen-bond acceptors (Lipinski definition) is 6. The van der Waals surface area contributed by atoms with Crippen LogP contribution in [0.5, 0.6) is 5.75 Å². The molecule has 0 heterocycles. The molecule has 0 aliphatic heterocycles. The summed E-state index contributed by atoms with van der Waals surface area (Å²) in [5.41, 5.74) is 1.03. The van der Waals surface area contributed by atoms with Gasteiger partial charge in [-0.25, -0.2) is 4.79 Å². The van der Waals surface area contributed by atoms with Gasteiger partial charge >= 0.3 is 5.97 Å². The average Bonchev–Trinajstić information content (AvgIpc) is 2.54. The number of esters is 1. The molecule has 0 aliphatic carbocycles. The molecule has 0 aliphatic rings. The van der Waals surface area contributed by atoms with E-state index in [0.29, 0.717) is 17.9 Å². The summed E-state index contributed by atoms with van der Waals surface area (Å²) >= 11 is 0. The van der Waals surface area contributed by atoms with Crippen LogP contribution in [-0.2, 0) is 4.74 Å². The first-order valence-electron chi connectivity index (χ1n) is 6.80. The first kappa shape index (κ1) is 16.2. The molecule has 118 valence electrons. The highest BCUT2D eigenvalue weighted by atomic mass is 16.6. The van der Waals surface area contributed by atoms with Gasteiger partial charge in [-0.15, -0.1) is 0 Å². The number of carbonyl (C=O) groups excluding carboxylic acids is 1. The molecule has 23 heavy (non-hydrogen) atoms. The highest BCUT2D eigenvalue weighted by Gasteiger charge is 2.09. The second kappa shape index (κ2) is 7.17. The van der Waals surface area contributed by atoms with E-state index in [1.807, 2.05) is 0 Å². The van der Waals surface area contributed by atoms with Crippen molar-refractivity contribution in [1.29, 1.82) is 0 Å². The molecule has 1 N–H and O–H groups in total. The summed E-state index contributed by atoms with van der Waals surface area (Å²) in [6.07, 6.45) is 1.32. The quantitative estimate of drug-likeness (QED) is 0.395. The van der Waals surface area contributed by atoms with Crippen LogP contribution in [-0.4, -0.2) is 28.8 Å². The Bertz CT molecular complexity index is 754. The Kier molecular flexibility index (Phi) is 5.03. The lowest BCUT2D eigenvalue weighted by atomic mass is 10.2. The third kappa shape index (κ3) is 4.13. The lowest BCUT2D eigenvalue weighted by molar-refractivity contribution is -0.384. The number of ether oxygens (including phenoxy) is 1. The van der Waals surface area contributed by atoms with Crippen LogP contribution in [0.3, 0.4) is 0 Å². The van der Waals surface area contributed by atoms with Crippen molar-refractivity contribution in [3.05, 3.63) is 63.7 Å². The molecule has 0 amide bonds. The molecule has 0 saturated heterocycles. The first-order chi connectivity index (χ1) is 11.0. The largest absolute Gasteiger partial charge is 0.507 e. The minimum Gasteiger partial charge on any atom is -0.507 e. The standard InChI is InChI=1S/C16H14N2O5/c1-2-23-16(20)11-3-5-13(6-4-11)17-10-12-9-14(18(21)22)7-8-15(12)19/h3-10,19H,2H2,1H3. The van der Waals surface area contributed by atoms with E-state index in [1.165, 1.54) is 24.4 Å². The normalized spacial score (nSPS) is 10.7. The van der Waals surface area contributed by atoms with Crippen LogP contribution in [0, 0.1) is 10.1 Å². The maximum absolute atomic E-state index is 11.5. The van der Waals surface area contributed by atoms with Gasteiger partial charge in [0.25, 0.3) is 5.69 Å². The van der Waals surface area contributed by atoms with Crippen molar-refractivity contribution in [2.75, 3.05) is 6.61 Å². The van der Waals surface area contributed by atoms with Gasteiger partial charge < -0.3 is 9.84 Å². The monoisotopic (exact) mass is 314 g/mol. The summed E-state index contributed by atoms with van der Waals surface area (Å²) in [5.74, 6) is -0.526. The third-order valence-corrected chi connectivity index (χ3v) is 2.95. The van der Waals surface area contributed by atoms with Crippen molar-refractivity contribution in [2.24, 2.45) is 4.99 Å². The Morgan fingerprint density at radius 2 is 2.00 bits per heavy atom. The Labute approximate surface area is 132 Å². The first-order valence-corrected chi connectivity index (χ1v) is 6.80. The summed E-state index contributed by atoms with van der Waals surface area (Å²) in [6.45, 7) is 2.02. The molecule has 0 unspecified atom stereocenters. The van der Waals surface area contributed by atoms with Gasteiger partial charge in [0.1, 0.15) is 5.75 Å². The van der Waals surface area contributed by atoms with Crippen LogP contribution in [0.4, 0.5) is 11.4 Å². The fourth-order valence-electron chi connectivity index (χ4n) is 1.80. The fraction of sp³-hybridized carbons (Fsp3) is 0.125. The van der Waals surface area contributed by atoms with Crippen LogP contribution in [0.1, 0.15) is 22.8 Å². The third-order valence-electron chi connectivity index (χ3n) is 2.95. The van der Waals surface area contributed by atoms with E-state index in [-0.39, 0.29) is 17.0 Å². The molecule has 0 spiro atoms. The molecule has 7 heteroatoms. The number of phenols is 1. The number of benzene rings is 2. The van der Waals surface area contributed by atoms with Crippen molar-refractivity contribution < 1.29 is 19.6 Å². The summed E-state index contributed by atoms with van der Waals surface area (Å²) in [5, 5.41) is 20.4. The molecular formula is C16H14N2O5. The van der Waals surface area contributed by atoms with Gasteiger partial charge in [0, 0.05) is 23.9 Å². The number of nitro groups is 1. The molecule has 7 nitrogen and oxygen atoms in total. The van der Waals surface area contributed by atoms with Gasteiger partial charge in [-0.05, 0) is 37.3 Å². The molecule has 0 saturated carbocycles. The summed E-state index contributed by atoms with van der Waals surface area (Å²) in [6, 6.07) is 10.0. The number of non-ortho nitro benzene ring substituents is 1. The highest BCUT2D eigenvalue weighted by molar-refractivity contribution is 5.90. The number of hydrogen-bond donors (Lipinski definition) is 1. The summed E-state index contributed by atoms with van der Waals surface area (Å²) in [7, 11) is 0. The van der Waals surface area contributed by atoms with E-state index in [0.717, 1.165) is 0 Å². The number of nitro benzene ring substituents is 1. The Morgan fingerprint density at radius 1 is 1.30 bits per heavy atom. The molecular weight excluding hydrogens is 300 g/mol. The zero-order chi connectivity index (χ0) is 16.8. The topological polar surface area (TPSA) is 102 Å². The number of rotatable bonds is 5. The number of aromatic hydroxyl groups is 1. The Balaban J connectivity index is 2.19. The molecule has 0 fully saturated rings. The highest BCUT2D eigenvalue weighted by Crippen LogP contribution is 2.22. The number of nitrogens with zero attached hydrogens (tertiary/aromatic N) is 2. The lowest BCUT2D eigenvalue weighted by Gasteiger charge is -2.02. The Morgan fingerprint density at radius 3 is 2.61 bits per heavy atom. The molecule has 0 aromatic heterocycles. The zero-order valence-corrected chi connectivity index (χ0v) is 12.3. The van der Waals surface area contributed by atoms with Crippen molar-refractivity contribution in [1.82, 2.24) is 0 Å². The van der Waals surface area contributed by atoms with E-state index in [2.05, 4.69) is 4.99 Å². The number of aliphatic imine (C=N–C) groups is 1. The van der Waals surface area contributed by atoms with Crippen molar-refractivity contribution in [3.63, 3.8) is 0 Å². The van der Waals surface area contributed by atoms with Gasteiger partial charge in [0.2, 0.25) is 0 Å². The number of phenolic OH excluding ortho intramolecular Hbond substituents is 1. The molecule has 2 rings (SSSR count). The minimum absolute atomic E-state index is 0.109. The second-order valence-electron chi connectivity index (χ2n) is 4.53. The predicted octanol–water partition coefficient (Wildman–Crippen LogP) is 3.23. The fourth-order valence-corrected chi connectivity index (χ4v) is 1.80. The van der Waals surface area contributed by atoms with Crippen LogP contribution in [0.15, 0.2) is 47.5 Å². The van der Waals surface area contributed by atoms with E-state index >= 15 is 0 Å². The predicted molar refractivity (Wildman–Crippen MR) is 84.4 cm³/mol. The summed E-state index contributed by atoms with van der Waals surface area (Å²) in [4.78, 5) is 25.8. The maximum atomic E-state index is 11.5. The Hall–Kier alpha value is -3.22. The van der Waals surface area contributed by atoms with Crippen molar-refractivity contribution in [3.8, 4) is 5.75 Å². The molecule has 0 bridgehead atoms. The maximum Gasteiger partial charge on any atom is 0.338 e. The minimum atomic E-state index is -0.551. The summed E-state index contributed by atoms with van der Waals surface area (Å²) < 4.78 is 4.87. The molecule has 2 aromatic rings. The van der Waals surface area contributed by atoms with E-state index in [1.54, 1.807) is 31.2 Å².